The van der Waals surface area contributed by atoms with Crippen LogP contribution in [0.15, 0.2) is 28.7 Å². The van der Waals surface area contributed by atoms with Gasteiger partial charge in [-0.3, -0.25) is 9.59 Å². The van der Waals surface area contributed by atoms with Gasteiger partial charge in [0.05, 0.1) is 0 Å². The van der Waals surface area contributed by atoms with E-state index >= 15 is 0 Å². The zero-order valence-electron chi connectivity index (χ0n) is 8.78. The van der Waals surface area contributed by atoms with Crippen LogP contribution >= 0.6 is 15.9 Å². The van der Waals surface area contributed by atoms with Crippen molar-refractivity contribution >= 4 is 27.6 Å². The highest BCUT2D eigenvalue weighted by atomic mass is 79.9. The summed E-state index contributed by atoms with van der Waals surface area (Å²) in [4.78, 5) is 24.8. The van der Waals surface area contributed by atoms with E-state index in [-0.39, 0.29) is 11.7 Å². The summed E-state index contributed by atoms with van der Waals surface area (Å²) >= 11 is 3.31. The average Bonchev–Trinajstić information content (AvgIpc) is 3.10. The molecule has 84 valence electrons. The van der Waals surface area contributed by atoms with E-state index in [9.17, 15) is 9.59 Å². The number of benzene rings is 1. The molecule has 2 rings (SSSR count). The second-order valence-electron chi connectivity index (χ2n) is 3.81. The molecule has 1 aromatic carbocycles. The minimum atomic E-state index is 0.0303. The Labute approximate surface area is 103 Å². The van der Waals surface area contributed by atoms with E-state index in [4.69, 9.17) is 0 Å². The fourth-order valence-electron chi connectivity index (χ4n) is 1.46. The molecule has 1 heterocycles. The fourth-order valence-corrected chi connectivity index (χ4v) is 1.72. The van der Waals surface area contributed by atoms with Crippen molar-refractivity contribution in [1.29, 1.82) is 0 Å². The lowest BCUT2D eigenvalue weighted by Crippen LogP contribution is -2.12. The zero-order chi connectivity index (χ0) is 11.5. The first-order valence-corrected chi connectivity index (χ1v) is 6.02. The average molecular weight is 282 g/mol. The van der Waals surface area contributed by atoms with Crippen molar-refractivity contribution in [2.75, 3.05) is 13.1 Å². The fraction of sp³-hybridized carbons (Fsp3) is 0.333. The first kappa shape index (κ1) is 11.3. The highest BCUT2D eigenvalue weighted by molar-refractivity contribution is 9.10. The highest BCUT2D eigenvalue weighted by Crippen LogP contribution is 2.14. The van der Waals surface area contributed by atoms with Crippen LogP contribution in [0.5, 0.6) is 0 Å². The Morgan fingerprint density at radius 3 is 2.31 bits per heavy atom. The predicted molar refractivity (Wildman–Crippen MR) is 64.3 cm³/mol. The maximum absolute atomic E-state index is 11.7. The third-order valence-corrected chi connectivity index (χ3v) is 3.06. The minimum Gasteiger partial charge on any atom is -0.339 e. The van der Waals surface area contributed by atoms with Crippen LogP contribution in [0.3, 0.4) is 0 Å². The third-order valence-electron chi connectivity index (χ3n) is 2.53. The molecular formula is C12H12BrNO2. The van der Waals surface area contributed by atoms with Gasteiger partial charge in [0.25, 0.3) is 0 Å². The molecule has 1 saturated heterocycles. The second kappa shape index (κ2) is 4.78. The van der Waals surface area contributed by atoms with Crippen molar-refractivity contribution in [3.8, 4) is 0 Å². The SMILES string of the molecule is O=C(CCC(=O)N1CC1)c1ccc(Br)cc1. The highest BCUT2D eigenvalue weighted by Gasteiger charge is 2.23. The topological polar surface area (TPSA) is 37.1 Å². The molecule has 1 aliphatic heterocycles. The molecule has 1 aromatic rings. The number of rotatable bonds is 4. The van der Waals surface area contributed by atoms with Crippen molar-refractivity contribution in [3.63, 3.8) is 0 Å². The van der Waals surface area contributed by atoms with Crippen LogP contribution in [0.4, 0.5) is 0 Å². The van der Waals surface area contributed by atoms with Gasteiger partial charge < -0.3 is 4.90 Å². The molecule has 0 aliphatic carbocycles. The number of hydrogen-bond acceptors (Lipinski definition) is 2. The molecule has 0 spiro atoms. The molecule has 1 amide bonds. The zero-order valence-corrected chi connectivity index (χ0v) is 10.4. The summed E-state index contributed by atoms with van der Waals surface area (Å²) in [7, 11) is 0. The first-order valence-electron chi connectivity index (χ1n) is 5.23. The van der Waals surface area contributed by atoms with Crippen molar-refractivity contribution < 1.29 is 9.59 Å². The smallest absolute Gasteiger partial charge is 0.223 e. The summed E-state index contributed by atoms with van der Waals surface area (Å²) in [6.07, 6.45) is 0.631. The summed E-state index contributed by atoms with van der Waals surface area (Å²) in [6, 6.07) is 7.21. The Bertz CT molecular complexity index is 410. The number of carbonyl (C=O) groups excluding carboxylic acids is 2. The molecule has 0 N–H and O–H groups in total. The van der Waals surface area contributed by atoms with Crippen molar-refractivity contribution in [1.82, 2.24) is 4.90 Å². The van der Waals surface area contributed by atoms with Crippen LogP contribution < -0.4 is 0 Å². The molecule has 16 heavy (non-hydrogen) atoms. The normalized spacial score (nSPS) is 13.7. The lowest BCUT2D eigenvalue weighted by molar-refractivity contribution is -0.125. The largest absolute Gasteiger partial charge is 0.339 e. The summed E-state index contributed by atoms with van der Waals surface area (Å²) in [5, 5.41) is 0. The summed E-state index contributed by atoms with van der Waals surface area (Å²) in [5.41, 5.74) is 0.668. The van der Waals surface area contributed by atoms with Gasteiger partial charge in [-0.1, -0.05) is 28.1 Å². The summed E-state index contributed by atoms with van der Waals surface area (Å²) in [6.45, 7) is 1.70. The standard InChI is InChI=1S/C12H12BrNO2/c13-10-3-1-9(2-4-10)11(15)5-6-12(16)14-7-8-14/h1-4H,5-8H2. The molecule has 0 bridgehead atoms. The van der Waals surface area contributed by atoms with Gasteiger partial charge in [-0.15, -0.1) is 0 Å². The van der Waals surface area contributed by atoms with Gasteiger partial charge in [0.1, 0.15) is 0 Å². The van der Waals surface area contributed by atoms with Crippen LogP contribution in [-0.4, -0.2) is 29.7 Å². The lowest BCUT2D eigenvalue weighted by Gasteiger charge is -2.02. The number of nitrogens with zero attached hydrogens (tertiary/aromatic N) is 1. The van der Waals surface area contributed by atoms with Gasteiger partial charge in [0.2, 0.25) is 5.91 Å². The van der Waals surface area contributed by atoms with E-state index in [0.717, 1.165) is 17.6 Å². The van der Waals surface area contributed by atoms with Gasteiger partial charge in [0, 0.05) is 36.0 Å². The Balaban J connectivity index is 1.87. The Hall–Kier alpha value is -1.16. The van der Waals surface area contributed by atoms with E-state index in [1.807, 2.05) is 12.1 Å². The van der Waals surface area contributed by atoms with E-state index in [2.05, 4.69) is 15.9 Å². The Morgan fingerprint density at radius 1 is 1.12 bits per heavy atom. The number of halogens is 1. The van der Waals surface area contributed by atoms with E-state index < -0.39 is 0 Å². The van der Waals surface area contributed by atoms with E-state index in [0.29, 0.717) is 18.4 Å². The third kappa shape index (κ3) is 2.92. The summed E-state index contributed by atoms with van der Waals surface area (Å²) < 4.78 is 0.948. The molecular weight excluding hydrogens is 270 g/mol. The molecule has 1 fully saturated rings. The van der Waals surface area contributed by atoms with Crippen LogP contribution in [-0.2, 0) is 4.79 Å². The first-order chi connectivity index (χ1) is 7.66. The van der Waals surface area contributed by atoms with Gasteiger partial charge in [-0.05, 0) is 12.1 Å². The number of carbonyl (C=O) groups is 2. The van der Waals surface area contributed by atoms with Crippen LogP contribution in [0.1, 0.15) is 23.2 Å². The van der Waals surface area contributed by atoms with Crippen molar-refractivity contribution in [3.05, 3.63) is 34.3 Å². The van der Waals surface area contributed by atoms with Crippen LogP contribution in [0.2, 0.25) is 0 Å². The maximum atomic E-state index is 11.7. The molecule has 0 radical (unpaired) electrons. The number of hydrogen-bond donors (Lipinski definition) is 0. The molecule has 3 nitrogen and oxygen atoms in total. The van der Waals surface area contributed by atoms with Crippen LogP contribution in [0, 0.1) is 0 Å². The lowest BCUT2D eigenvalue weighted by atomic mass is 10.1. The van der Waals surface area contributed by atoms with E-state index in [1.54, 1.807) is 17.0 Å². The van der Waals surface area contributed by atoms with Crippen molar-refractivity contribution in [2.24, 2.45) is 0 Å². The second-order valence-corrected chi connectivity index (χ2v) is 4.73. The van der Waals surface area contributed by atoms with Gasteiger partial charge in [-0.2, -0.15) is 0 Å². The van der Waals surface area contributed by atoms with Gasteiger partial charge in [0.15, 0.2) is 5.78 Å². The summed E-state index contributed by atoms with van der Waals surface area (Å²) in [5.74, 6) is 0.119. The monoisotopic (exact) mass is 281 g/mol. The van der Waals surface area contributed by atoms with Crippen molar-refractivity contribution in [2.45, 2.75) is 12.8 Å². The molecule has 0 saturated carbocycles. The van der Waals surface area contributed by atoms with Gasteiger partial charge >= 0.3 is 0 Å². The minimum absolute atomic E-state index is 0.0303. The van der Waals surface area contributed by atoms with Crippen LogP contribution in [0.25, 0.3) is 0 Å². The van der Waals surface area contributed by atoms with Gasteiger partial charge in [-0.25, -0.2) is 0 Å². The molecule has 0 unspecified atom stereocenters. The molecule has 0 atom stereocenters. The Morgan fingerprint density at radius 2 is 1.75 bits per heavy atom. The quantitative estimate of drug-likeness (QED) is 0.627. The predicted octanol–water partition coefficient (Wildman–Crippen LogP) is 2.25. The molecule has 1 aliphatic rings. The Kier molecular flexibility index (Phi) is 3.39. The number of Topliss-reactive ketones (excluding diaryl/α,β-unsaturated/α-hetero) is 1. The number of ketones is 1. The molecule has 0 aromatic heterocycles. The molecule has 4 heteroatoms. The number of amides is 1. The van der Waals surface area contributed by atoms with E-state index in [1.165, 1.54) is 0 Å². The maximum Gasteiger partial charge on any atom is 0.223 e.